The Bertz CT molecular complexity index is 400. The molecule has 0 bridgehead atoms. The number of fused-ring (bicyclic) bond motifs is 1. The summed E-state index contributed by atoms with van der Waals surface area (Å²) in [4.78, 5) is 2.55. The molecule has 100 valence electrons. The Kier molecular flexibility index (Phi) is 4.65. The minimum absolute atomic E-state index is 0.482. The Hall–Kier alpha value is -1.02. The molecule has 0 spiro atoms. The topological polar surface area (TPSA) is 23.5 Å². The van der Waals surface area contributed by atoms with E-state index in [1.165, 1.54) is 36.9 Å². The average Bonchev–Trinajstić information content (AvgIpc) is 2.38. The van der Waals surface area contributed by atoms with Crippen LogP contribution >= 0.6 is 0 Å². The molecule has 1 aromatic rings. The molecule has 1 aromatic carbocycles. The fourth-order valence-corrected chi connectivity index (χ4v) is 2.77. The summed E-state index contributed by atoms with van der Waals surface area (Å²) in [6.45, 7) is 7.77. The van der Waals surface area contributed by atoms with Gasteiger partial charge >= 0.3 is 0 Å². The first kappa shape index (κ1) is 13.4. The molecule has 1 N–H and O–H groups in total. The molecule has 2 nitrogen and oxygen atoms in total. The number of nitrogens with zero attached hydrogens (tertiary/aromatic N) is 1. The van der Waals surface area contributed by atoms with E-state index < -0.39 is 0 Å². The third-order valence-electron chi connectivity index (χ3n) is 3.95. The molecule has 2 heteroatoms. The van der Waals surface area contributed by atoms with E-state index in [1.54, 1.807) is 0 Å². The van der Waals surface area contributed by atoms with Crippen molar-refractivity contribution < 1.29 is 5.11 Å². The highest BCUT2D eigenvalue weighted by molar-refractivity contribution is 5.43. The summed E-state index contributed by atoms with van der Waals surface area (Å²) < 4.78 is 0. The molecule has 0 atom stereocenters. The summed E-state index contributed by atoms with van der Waals surface area (Å²) in [7, 11) is 0. The average molecular weight is 247 g/mol. The van der Waals surface area contributed by atoms with E-state index in [2.05, 4.69) is 24.8 Å². The van der Waals surface area contributed by atoms with Crippen molar-refractivity contribution in [1.82, 2.24) is 4.90 Å². The predicted molar refractivity (Wildman–Crippen MR) is 76.0 cm³/mol. The minimum atomic E-state index is 0.482. The summed E-state index contributed by atoms with van der Waals surface area (Å²) in [6.07, 6.45) is 5.93. The van der Waals surface area contributed by atoms with Gasteiger partial charge in [-0.15, -0.1) is 0 Å². The van der Waals surface area contributed by atoms with Gasteiger partial charge in [0, 0.05) is 13.1 Å². The molecule has 0 saturated carbocycles. The maximum absolute atomic E-state index is 9.89. The zero-order valence-corrected chi connectivity index (χ0v) is 11.7. The van der Waals surface area contributed by atoms with Crippen molar-refractivity contribution in [2.75, 3.05) is 13.1 Å². The second-order valence-corrected chi connectivity index (χ2v) is 5.34. The Morgan fingerprint density at radius 3 is 2.72 bits per heavy atom. The maximum Gasteiger partial charge on any atom is 0.119 e. The third-order valence-corrected chi connectivity index (χ3v) is 3.95. The van der Waals surface area contributed by atoms with Gasteiger partial charge in [0.25, 0.3) is 0 Å². The molecule has 1 aliphatic rings. The van der Waals surface area contributed by atoms with Crippen molar-refractivity contribution in [2.24, 2.45) is 0 Å². The standard InChI is InChI=1S/C16H25NO/c1-3-5-6-8-17-9-7-14-11-16(18)13(4-2)10-15(14)12-17/h10-11,18H,3-9,12H2,1-2H3. The van der Waals surface area contributed by atoms with Gasteiger partial charge in [-0.1, -0.05) is 32.8 Å². The van der Waals surface area contributed by atoms with Crippen molar-refractivity contribution >= 4 is 0 Å². The number of aryl methyl sites for hydroxylation is 1. The minimum Gasteiger partial charge on any atom is -0.508 e. The molecule has 0 saturated heterocycles. The molecule has 0 fully saturated rings. The number of rotatable bonds is 5. The second kappa shape index (κ2) is 6.24. The van der Waals surface area contributed by atoms with Crippen LogP contribution in [-0.4, -0.2) is 23.1 Å². The second-order valence-electron chi connectivity index (χ2n) is 5.34. The van der Waals surface area contributed by atoms with Crippen molar-refractivity contribution in [3.05, 3.63) is 28.8 Å². The van der Waals surface area contributed by atoms with Crippen LogP contribution < -0.4 is 0 Å². The number of unbranched alkanes of at least 4 members (excludes halogenated alkanes) is 2. The molecule has 0 radical (unpaired) electrons. The lowest BCUT2D eigenvalue weighted by molar-refractivity contribution is 0.248. The van der Waals surface area contributed by atoms with Crippen LogP contribution in [0.3, 0.4) is 0 Å². The van der Waals surface area contributed by atoms with E-state index in [-0.39, 0.29) is 0 Å². The first-order valence-corrected chi connectivity index (χ1v) is 7.30. The molecule has 0 aliphatic carbocycles. The molecule has 2 rings (SSSR count). The summed E-state index contributed by atoms with van der Waals surface area (Å²) in [5, 5.41) is 9.89. The molecule has 0 amide bonds. The summed E-state index contributed by atoms with van der Waals surface area (Å²) in [5.41, 5.74) is 3.85. The van der Waals surface area contributed by atoms with Gasteiger partial charge in [-0.25, -0.2) is 0 Å². The molecule has 0 aromatic heterocycles. The molecular formula is C16H25NO. The van der Waals surface area contributed by atoms with Gasteiger partial charge in [-0.2, -0.15) is 0 Å². The van der Waals surface area contributed by atoms with Crippen LogP contribution in [0.5, 0.6) is 5.75 Å². The maximum atomic E-state index is 9.89. The normalized spacial score (nSPS) is 15.7. The van der Waals surface area contributed by atoms with E-state index in [0.717, 1.165) is 31.5 Å². The largest absolute Gasteiger partial charge is 0.508 e. The fourth-order valence-electron chi connectivity index (χ4n) is 2.77. The van der Waals surface area contributed by atoms with Crippen LogP contribution in [0.25, 0.3) is 0 Å². The van der Waals surface area contributed by atoms with Crippen LogP contribution in [0.2, 0.25) is 0 Å². The highest BCUT2D eigenvalue weighted by Gasteiger charge is 2.17. The van der Waals surface area contributed by atoms with Gasteiger partial charge in [0.2, 0.25) is 0 Å². The van der Waals surface area contributed by atoms with E-state index >= 15 is 0 Å². The van der Waals surface area contributed by atoms with Crippen LogP contribution in [0.4, 0.5) is 0 Å². The Balaban J connectivity index is 2.04. The Morgan fingerprint density at radius 1 is 1.17 bits per heavy atom. The first-order valence-electron chi connectivity index (χ1n) is 7.30. The lowest BCUT2D eigenvalue weighted by atomic mass is 9.95. The Labute approximate surface area is 111 Å². The highest BCUT2D eigenvalue weighted by Crippen LogP contribution is 2.27. The van der Waals surface area contributed by atoms with E-state index in [4.69, 9.17) is 0 Å². The van der Waals surface area contributed by atoms with Gasteiger partial charge in [-0.3, -0.25) is 4.90 Å². The summed E-state index contributed by atoms with van der Waals surface area (Å²) in [6, 6.07) is 4.19. The summed E-state index contributed by atoms with van der Waals surface area (Å²) in [5.74, 6) is 0.482. The van der Waals surface area contributed by atoms with Crippen LogP contribution in [0, 0.1) is 0 Å². The predicted octanol–water partition coefficient (Wildman–Crippen LogP) is 3.50. The number of hydrogen-bond acceptors (Lipinski definition) is 2. The smallest absolute Gasteiger partial charge is 0.119 e. The monoisotopic (exact) mass is 247 g/mol. The van der Waals surface area contributed by atoms with Gasteiger partial charge < -0.3 is 5.11 Å². The Morgan fingerprint density at radius 2 is 2.00 bits per heavy atom. The van der Waals surface area contributed by atoms with Crippen molar-refractivity contribution in [3.8, 4) is 5.75 Å². The van der Waals surface area contributed by atoms with Crippen molar-refractivity contribution in [2.45, 2.75) is 52.5 Å². The highest BCUT2D eigenvalue weighted by atomic mass is 16.3. The van der Waals surface area contributed by atoms with Crippen LogP contribution in [0.1, 0.15) is 49.8 Å². The summed E-state index contributed by atoms with van der Waals surface area (Å²) >= 11 is 0. The van der Waals surface area contributed by atoms with Crippen LogP contribution in [-0.2, 0) is 19.4 Å². The van der Waals surface area contributed by atoms with Gasteiger partial charge in [0.1, 0.15) is 5.75 Å². The van der Waals surface area contributed by atoms with Crippen molar-refractivity contribution in [1.29, 1.82) is 0 Å². The molecule has 0 unspecified atom stereocenters. The number of benzene rings is 1. The van der Waals surface area contributed by atoms with Crippen LogP contribution in [0.15, 0.2) is 12.1 Å². The zero-order valence-electron chi connectivity index (χ0n) is 11.7. The van der Waals surface area contributed by atoms with E-state index in [1.807, 2.05) is 6.07 Å². The first-order chi connectivity index (χ1) is 8.74. The lowest BCUT2D eigenvalue weighted by Gasteiger charge is -2.29. The molecule has 1 heterocycles. The van der Waals surface area contributed by atoms with E-state index in [9.17, 15) is 5.11 Å². The van der Waals surface area contributed by atoms with E-state index in [0.29, 0.717) is 5.75 Å². The molecule has 18 heavy (non-hydrogen) atoms. The van der Waals surface area contributed by atoms with Crippen molar-refractivity contribution in [3.63, 3.8) is 0 Å². The van der Waals surface area contributed by atoms with Gasteiger partial charge in [0.05, 0.1) is 0 Å². The number of phenols is 1. The number of hydrogen-bond donors (Lipinski definition) is 1. The quantitative estimate of drug-likeness (QED) is 0.805. The fraction of sp³-hybridized carbons (Fsp3) is 0.625. The lowest BCUT2D eigenvalue weighted by Crippen LogP contribution is -2.31. The molecular weight excluding hydrogens is 222 g/mol. The number of phenolic OH excluding ortho intramolecular Hbond substituents is 1. The number of aromatic hydroxyl groups is 1. The third kappa shape index (κ3) is 3.05. The van der Waals surface area contributed by atoms with Gasteiger partial charge in [0.15, 0.2) is 0 Å². The molecule has 1 aliphatic heterocycles. The van der Waals surface area contributed by atoms with Gasteiger partial charge in [-0.05, 0) is 48.6 Å². The zero-order chi connectivity index (χ0) is 13.0. The SMILES string of the molecule is CCCCCN1CCc2cc(O)c(CC)cc2C1.